The molecule has 0 fully saturated rings. The van der Waals surface area contributed by atoms with Crippen LogP contribution in [-0.4, -0.2) is 7.69 Å². The Morgan fingerprint density at radius 1 is 0.800 bits per heavy atom. The molecule has 6 heteroatoms. The third-order valence-electron chi connectivity index (χ3n) is 2.72. The third kappa shape index (κ3) is 4.77. The molecule has 0 saturated heterocycles. The van der Waals surface area contributed by atoms with Crippen molar-refractivity contribution in [3.63, 3.8) is 0 Å². The van der Waals surface area contributed by atoms with Crippen molar-refractivity contribution in [1.29, 1.82) is 0 Å². The Balaban J connectivity index is 0.00000200. The maximum Gasteiger partial charge on any atom is 0.576 e. The number of hydrogen-bond donors (Lipinski definition) is 2. The Morgan fingerprint density at radius 3 is 1.65 bits per heavy atom. The van der Waals surface area contributed by atoms with Gasteiger partial charge in [0.1, 0.15) is 11.5 Å². The zero-order valence-electron chi connectivity index (χ0n) is 11.1. The summed E-state index contributed by atoms with van der Waals surface area (Å²) in [6, 6.07) is 15.3. The van der Waals surface area contributed by atoms with Crippen LogP contribution in [0.15, 0.2) is 48.5 Å². The van der Waals surface area contributed by atoms with Crippen molar-refractivity contribution in [3.05, 3.63) is 59.7 Å². The molecule has 0 aliphatic heterocycles. The Labute approximate surface area is 125 Å². The summed E-state index contributed by atoms with van der Waals surface area (Å²) in [6.07, 6.45) is 0. The van der Waals surface area contributed by atoms with Crippen LogP contribution in [0.4, 0.5) is 0 Å². The van der Waals surface area contributed by atoms with Gasteiger partial charge >= 0.3 is 7.69 Å². The molecule has 4 nitrogen and oxygen atoms in total. The van der Waals surface area contributed by atoms with Gasteiger partial charge in [0.25, 0.3) is 0 Å². The second kappa shape index (κ2) is 8.48. The van der Waals surface area contributed by atoms with Crippen LogP contribution in [0.2, 0.25) is 0 Å². The lowest BCUT2D eigenvalue weighted by atomic mass is 10.2. The number of nitrogens with two attached hydrogens (primary N) is 2. The van der Waals surface area contributed by atoms with Gasteiger partial charge in [-0.25, -0.2) is 0 Å². The summed E-state index contributed by atoms with van der Waals surface area (Å²) in [5, 5.41) is 0. The van der Waals surface area contributed by atoms with E-state index in [0.717, 1.165) is 22.6 Å². The minimum atomic E-state index is 0. The lowest BCUT2D eigenvalue weighted by Gasteiger charge is -2.09. The lowest BCUT2D eigenvalue weighted by molar-refractivity contribution is 0.458. The quantitative estimate of drug-likeness (QED) is 0.796. The van der Waals surface area contributed by atoms with E-state index >= 15 is 0 Å². The van der Waals surface area contributed by atoms with Gasteiger partial charge in [-0.15, -0.1) is 12.4 Å². The Kier molecular flexibility index (Phi) is 6.94. The van der Waals surface area contributed by atoms with Crippen LogP contribution in [0.3, 0.4) is 0 Å². The van der Waals surface area contributed by atoms with Crippen molar-refractivity contribution in [1.82, 2.24) is 0 Å². The smallest absolute Gasteiger partial charge is 0.529 e. The van der Waals surface area contributed by atoms with Gasteiger partial charge in [0, 0.05) is 13.1 Å². The standard InChI is InChI=1S/C14H17BN2O2.ClH/c16-9-11-3-1-5-13(7-11)18-15-19-14-6-2-4-12(8-14)10-17;/h1-8,15H,9-10,16-17H2;1H. The van der Waals surface area contributed by atoms with E-state index in [1.54, 1.807) is 0 Å². The molecule has 0 aliphatic rings. The van der Waals surface area contributed by atoms with Crippen LogP contribution in [0.1, 0.15) is 11.1 Å². The molecule has 0 amide bonds. The summed E-state index contributed by atoms with van der Waals surface area (Å²) in [6.45, 7) is 0.993. The van der Waals surface area contributed by atoms with Crippen LogP contribution in [0.25, 0.3) is 0 Å². The van der Waals surface area contributed by atoms with Crippen LogP contribution in [-0.2, 0) is 13.1 Å². The van der Waals surface area contributed by atoms with Gasteiger partial charge in [0.2, 0.25) is 0 Å². The normalized spacial score (nSPS) is 9.50. The molecule has 0 heterocycles. The predicted octanol–water partition coefficient (Wildman–Crippen LogP) is 1.75. The van der Waals surface area contributed by atoms with E-state index in [1.807, 2.05) is 48.5 Å². The Morgan fingerprint density at radius 2 is 1.25 bits per heavy atom. The van der Waals surface area contributed by atoms with E-state index in [4.69, 9.17) is 20.8 Å². The topological polar surface area (TPSA) is 70.5 Å². The second-order valence-corrected chi connectivity index (χ2v) is 4.11. The van der Waals surface area contributed by atoms with E-state index in [-0.39, 0.29) is 20.1 Å². The minimum absolute atomic E-state index is 0. The largest absolute Gasteiger partial charge is 0.576 e. The van der Waals surface area contributed by atoms with Gasteiger partial charge in [-0.05, 0) is 35.4 Å². The summed E-state index contributed by atoms with van der Waals surface area (Å²) in [5.74, 6) is 1.50. The van der Waals surface area contributed by atoms with Crippen LogP contribution in [0.5, 0.6) is 11.5 Å². The maximum atomic E-state index is 5.57. The summed E-state index contributed by atoms with van der Waals surface area (Å²) in [5.41, 5.74) is 13.2. The van der Waals surface area contributed by atoms with Gasteiger partial charge in [-0.1, -0.05) is 24.3 Å². The number of rotatable bonds is 6. The molecule has 0 aromatic heterocycles. The molecular formula is C14H18BClN2O2. The molecule has 0 saturated carbocycles. The highest BCUT2D eigenvalue weighted by atomic mass is 35.5. The Bertz CT molecular complexity index is 493. The van der Waals surface area contributed by atoms with E-state index in [2.05, 4.69) is 0 Å². The summed E-state index contributed by atoms with van der Waals surface area (Å²) in [4.78, 5) is 0. The van der Waals surface area contributed by atoms with E-state index in [9.17, 15) is 0 Å². The molecule has 0 bridgehead atoms. The first-order chi connectivity index (χ1) is 9.31. The van der Waals surface area contributed by atoms with Crippen molar-refractivity contribution in [2.24, 2.45) is 11.5 Å². The molecule has 2 aromatic carbocycles. The average Bonchev–Trinajstić information content (AvgIpc) is 2.48. The molecule has 0 unspecified atom stereocenters. The fourth-order valence-corrected chi connectivity index (χ4v) is 1.69. The zero-order valence-corrected chi connectivity index (χ0v) is 11.9. The van der Waals surface area contributed by atoms with Gasteiger partial charge in [-0.2, -0.15) is 0 Å². The first-order valence-corrected chi connectivity index (χ1v) is 6.15. The molecule has 0 aliphatic carbocycles. The number of halogens is 1. The van der Waals surface area contributed by atoms with Crippen molar-refractivity contribution in [2.45, 2.75) is 13.1 Å². The summed E-state index contributed by atoms with van der Waals surface area (Å²) < 4.78 is 11.0. The third-order valence-corrected chi connectivity index (χ3v) is 2.72. The highest BCUT2D eigenvalue weighted by Crippen LogP contribution is 2.15. The fraction of sp³-hybridized carbons (Fsp3) is 0.143. The number of hydrogen-bond acceptors (Lipinski definition) is 4. The SMILES string of the molecule is Cl.NCc1cccc(OBOc2cccc(CN)c2)c1. The van der Waals surface area contributed by atoms with Crippen molar-refractivity contribution < 1.29 is 9.31 Å². The average molecular weight is 293 g/mol. The molecular weight excluding hydrogens is 274 g/mol. The molecule has 0 atom stereocenters. The fourth-order valence-electron chi connectivity index (χ4n) is 1.69. The van der Waals surface area contributed by atoms with Gasteiger partial charge < -0.3 is 20.8 Å². The van der Waals surface area contributed by atoms with Crippen molar-refractivity contribution in [3.8, 4) is 11.5 Å². The molecule has 20 heavy (non-hydrogen) atoms. The summed E-state index contributed by atoms with van der Waals surface area (Å²) in [7, 11) is 0.155. The van der Waals surface area contributed by atoms with Crippen LogP contribution >= 0.6 is 12.4 Å². The van der Waals surface area contributed by atoms with Gasteiger partial charge in [0.05, 0.1) is 0 Å². The molecule has 106 valence electrons. The highest BCUT2D eigenvalue weighted by molar-refractivity contribution is 6.20. The summed E-state index contributed by atoms with van der Waals surface area (Å²) >= 11 is 0. The first-order valence-electron chi connectivity index (χ1n) is 6.15. The van der Waals surface area contributed by atoms with Crippen molar-refractivity contribution in [2.75, 3.05) is 0 Å². The predicted molar refractivity (Wildman–Crippen MR) is 84.3 cm³/mol. The van der Waals surface area contributed by atoms with E-state index in [1.165, 1.54) is 0 Å². The maximum absolute atomic E-state index is 5.57. The monoisotopic (exact) mass is 292 g/mol. The Hall–Kier alpha value is -1.69. The van der Waals surface area contributed by atoms with Crippen LogP contribution in [0, 0.1) is 0 Å². The van der Waals surface area contributed by atoms with Gasteiger partial charge in [-0.3, -0.25) is 0 Å². The molecule has 0 spiro atoms. The zero-order chi connectivity index (χ0) is 13.5. The van der Waals surface area contributed by atoms with Crippen molar-refractivity contribution >= 4 is 20.1 Å². The first kappa shape index (κ1) is 16.4. The molecule has 2 aromatic rings. The molecule has 2 rings (SSSR count). The van der Waals surface area contributed by atoms with Gasteiger partial charge in [0.15, 0.2) is 0 Å². The molecule has 0 radical (unpaired) electrons. The van der Waals surface area contributed by atoms with Crippen LogP contribution < -0.4 is 20.8 Å². The number of benzene rings is 2. The second-order valence-electron chi connectivity index (χ2n) is 4.11. The molecule has 4 N–H and O–H groups in total. The highest BCUT2D eigenvalue weighted by Gasteiger charge is 2.01. The van der Waals surface area contributed by atoms with E-state index in [0.29, 0.717) is 13.1 Å². The minimum Gasteiger partial charge on any atom is -0.529 e. The lowest BCUT2D eigenvalue weighted by Crippen LogP contribution is -2.11. The van der Waals surface area contributed by atoms with E-state index < -0.39 is 0 Å².